The van der Waals surface area contributed by atoms with Crippen LogP contribution in [0.2, 0.25) is 0 Å². The van der Waals surface area contributed by atoms with E-state index in [-0.39, 0.29) is 37.2 Å². The first-order valence-corrected chi connectivity index (χ1v) is 9.78. The summed E-state index contributed by atoms with van der Waals surface area (Å²) in [6.45, 7) is 1.21. The lowest BCUT2D eigenvalue weighted by atomic mass is 9.94. The van der Waals surface area contributed by atoms with Crippen molar-refractivity contribution in [3.8, 4) is 0 Å². The highest BCUT2D eigenvalue weighted by atomic mass is 19.4. The Morgan fingerprint density at radius 3 is 2.62 bits per heavy atom. The summed E-state index contributed by atoms with van der Waals surface area (Å²) in [5.74, 6) is -0.0859. The maximum absolute atomic E-state index is 12.8. The summed E-state index contributed by atoms with van der Waals surface area (Å²) in [6, 6.07) is 5.04. The molecule has 9 heteroatoms. The van der Waals surface area contributed by atoms with Gasteiger partial charge >= 0.3 is 6.18 Å². The minimum absolute atomic E-state index is 0.0480. The highest BCUT2D eigenvalue weighted by molar-refractivity contribution is 5.76. The molecule has 1 amide bonds. The van der Waals surface area contributed by atoms with E-state index in [1.807, 2.05) is 0 Å². The zero-order chi connectivity index (χ0) is 21.0. The number of carbonyl (C=O) groups excluding carboxylic acids is 1. The first-order valence-electron chi connectivity index (χ1n) is 9.78. The van der Waals surface area contributed by atoms with Crippen LogP contribution < -0.4 is 5.32 Å². The Hall–Kier alpha value is -1.68. The Morgan fingerprint density at radius 2 is 1.97 bits per heavy atom. The Balaban J connectivity index is 1.71. The van der Waals surface area contributed by atoms with Gasteiger partial charge in [0.2, 0.25) is 5.91 Å². The molecule has 29 heavy (non-hydrogen) atoms. The number of aliphatic hydroxyl groups is 1. The molecule has 0 aliphatic carbocycles. The van der Waals surface area contributed by atoms with Gasteiger partial charge in [-0.05, 0) is 30.5 Å². The number of rotatable bonds is 4. The highest BCUT2D eigenvalue weighted by Gasteiger charge is 2.38. The van der Waals surface area contributed by atoms with Crippen LogP contribution in [0.15, 0.2) is 24.3 Å². The molecule has 0 saturated carbocycles. The van der Waals surface area contributed by atoms with Crippen molar-refractivity contribution < 1.29 is 32.5 Å². The molecule has 0 radical (unpaired) electrons. The average Bonchev–Trinajstić information content (AvgIpc) is 2.66. The standard InChI is InChI=1S/C20H27F3N2O4/c1-24-19(27)8-16-6-7-17-18(29-16)12-28-11-15(26)10-25(17)9-13-2-4-14(5-3-13)20(21,22)23/h2-5,15-18,26H,6-12H2,1H3,(H,24,27)/t15-,16-,17-,18+/m0/s1. The Morgan fingerprint density at radius 1 is 1.24 bits per heavy atom. The van der Waals surface area contributed by atoms with Crippen LogP contribution in [0.1, 0.15) is 30.4 Å². The first-order chi connectivity index (χ1) is 13.8. The van der Waals surface area contributed by atoms with E-state index in [9.17, 15) is 23.1 Å². The lowest BCUT2D eigenvalue weighted by Gasteiger charge is -2.44. The molecule has 2 saturated heterocycles. The topological polar surface area (TPSA) is 71.0 Å². The number of hydrogen-bond acceptors (Lipinski definition) is 5. The van der Waals surface area contributed by atoms with Crippen LogP contribution in [0, 0.1) is 0 Å². The van der Waals surface area contributed by atoms with Gasteiger partial charge in [-0.2, -0.15) is 13.2 Å². The lowest BCUT2D eigenvalue weighted by Crippen LogP contribution is -2.55. The van der Waals surface area contributed by atoms with Gasteiger partial charge in [-0.15, -0.1) is 0 Å². The van der Waals surface area contributed by atoms with Gasteiger partial charge in [-0.3, -0.25) is 9.69 Å². The third-order valence-corrected chi connectivity index (χ3v) is 5.45. The zero-order valence-electron chi connectivity index (χ0n) is 16.3. The summed E-state index contributed by atoms with van der Waals surface area (Å²) in [5.41, 5.74) is 0.0520. The number of benzene rings is 1. The average molecular weight is 416 g/mol. The van der Waals surface area contributed by atoms with Crippen LogP contribution in [0.3, 0.4) is 0 Å². The number of amides is 1. The van der Waals surface area contributed by atoms with E-state index in [4.69, 9.17) is 9.47 Å². The number of aliphatic hydroxyl groups excluding tert-OH is 1. The molecule has 1 aromatic carbocycles. The van der Waals surface area contributed by atoms with Crippen molar-refractivity contribution in [1.82, 2.24) is 10.2 Å². The molecule has 2 fully saturated rings. The van der Waals surface area contributed by atoms with E-state index >= 15 is 0 Å². The van der Waals surface area contributed by atoms with Crippen LogP contribution in [0.4, 0.5) is 13.2 Å². The molecule has 0 spiro atoms. The number of nitrogens with zero attached hydrogens (tertiary/aromatic N) is 1. The van der Waals surface area contributed by atoms with Gasteiger partial charge in [0.1, 0.15) is 0 Å². The second-order valence-electron chi connectivity index (χ2n) is 7.63. The third-order valence-electron chi connectivity index (χ3n) is 5.45. The number of halogens is 3. The summed E-state index contributed by atoms with van der Waals surface area (Å²) in [4.78, 5) is 13.7. The number of ether oxygens (including phenoxy) is 2. The van der Waals surface area contributed by atoms with Crippen LogP contribution in [0.5, 0.6) is 0 Å². The minimum atomic E-state index is -4.37. The van der Waals surface area contributed by atoms with Crippen molar-refractivity contribution in [3.05, 3.63) is 35.4 Å². The second-order valence-corrected chi connectivity index (χ2v) is 7.63. The van der Waals surface area contributed by atoms with E-state index in [1.54, 1.807) is 7.05 Å². The third kappa shape index (κ3) is 5.91. The second kappa shape index (κ2) is 9.42. The molecule has 1 aromatic rings. The Labute approximate surface area is 168 Å². The summed E-state index contributed by atoms with van der Waals surface area (Å²) in [7, 11) is 1.58. The predicted octanol–water partition coefficient (Wildman–Crippen LogP) is 1.95. The molecule has 2 heterocycles. The van der Waals surface area contributed by atoms with Crippen LogP contribution >= 0.6 is 0 Å². The van der Waals surface area contributed by atoms with Gasteiger partial charge in [-0.1, -0.05) is 12.1 Å². The SMILES string of the molecule is CNC(=O)C[C@@H]1CC[C@H]2[C@@H](COC[C@@H](O)CN2Cc2ccc(C(F)(F)F)cc2)O1. The number of β-amino-alcohol motifs (C(OH)–C–C–N with tert-alkyl or cyclic N) is 1. The summed E-state index contributed by atoms with van der Waals surface area (Å²) in [6.07, 6.45) is -3.79. The maximum Gasteiger partial charge on any atom is 0.416 e. The van der Waals surface area contributed by atoms with Gasteiger partial charge < -0.3 is 19.9 Å². The van der Waals surface area contributed by atoms with E-state index < -0.39 is 17.8 Å². The first kappa shape index (κ1) is 22.0. The number of alkyl halides is 3. The minimum Gasteiger partial charge on any atom is -0.389 e. The van der Waals surface area contributed by atoms with Crippen LogP contribution in [-0.2, 0) is 27.0 Å². The molecule has 3 rings (SSSR count). The summed E-state index contributed by atoms with van der Waals surface area (Å²) < 4.78 is 50.1. The van der Waals surface area contributed by atoms with Gasteiger partial charge in [-0.25, -0.2) is 0 Å². The fourth-order valence-corrected chi connectivity index (χ4v) is 3.97. The molecule has 0 bridgehead atoms. The lowest BCUT2D eigenvalue weighted by molar-refractivity contribution is -0.158. The van der Waals surface area contributed by atoms with E-state index in [0.29, 0.717) is 26.1 Å². The quantitative estimate of drug-likeness (QED) is 0.785. The van der Waals surface area contributed by atoms with Crippen LogP contribution in [-0.4, -0.2) is 67.1 Å². The molecule has 6 nitrogen and oxygen atoms in total. The molecule has 0 aromatic heterocycles. The summed E-state index contributed by atoms with van der Waals surface area (Å²) >= 11 is 0. The Kier molecular flexibility index (Phi) is 7.15. The predicted molar refractivity (Wildman–Crippen MR) is 99.0 cm³/mol. The molecule has 2 aliphatic heterocycles. The number of carbonyl (C=O) groups is 1. The van der Waals surface area contributed by atoms with E-state index in [1.165, 1.54) is 12.1 Å². The molecule has 4 atom stereocenters. The zero-order valence-corrected chi connectivity index (χ0v) is 16.3. The van der Waals surface area contributed by atoms with Crippen molar-refractivity contribution in [2.45, 2.75) is 56.3 Å². The fourth-order valence-electron chi connectivity index (χ4n) is 3.97. The van der Waals surface area contributed by atoms with Crippen molar-refractivity contribution in [2.24, 2.45) is 0 Å². The van der Waals surface area contributed by atoms with Crippen molar-refractivity contribution in [3.63, 3.8) is 0 Å². The van der Waals surface area contributed by atoms with Gasteiger partial charge in [0.25, 0.3) is 0 Å². The number of hydrogen-bond donors (Lipinski definition) is 2. The van der Waals surface area contributed by atoms with Crippen molar-refractivity contribution in [2.75, 3.05) is 26.8 Å². The van der Waals surface area contributed by atoms with Gasteiger partial charge in [0.15, 0.2) is 0 Å². The van der Waals surface area contributed by atoms with Gasteiger partial charge in [0.05, 0.1) is 43.5 Å². The van der Waals surface area contributed by atoms with E-state index in [2.05, 4.69) is 10.2 Å². The molecular weight excluding hydrogens is 389 g/mol. The van der Waals surface area contributed by atoms with Crippen LogP contribution in [0.25, 0.3) is 0 Å². The molecule has 2 N–H and O–H groups in total. The maximum atomic E-state index is 12.8. The number of nitrogens with one attached hydrogen (secondary N) is 1. The van der Waals surface area contributed by atoms with E-state index in [0.717, 1.165) is 24.1 Å². The van der Waals surface area contributed by atoms with Crippen molar-refractivity contribution in [1.29, 1.82) is 0 Å². The van der Waals surface area contributed by atoms with Crippen molar-refractivity contribution >= 4 is 5.91 Å². The molecule has 0 unspecified atom stereocenters. The smallest absolute Gasteiger partial charge is 0.389 e. The largest absolute Gasteiger partial charge is 0.416 e. The van der Waals surface area contributed by atoms with Gasteiger partial charge in [0, 0.05) is 26.2 Å². The molecule has 162 valence electrons. The molecular formula is C20H27F3N2O4. The normalized spacial score (nSPS) is 28.9. The fraction of sp³-hybridized carbons (Fsp3) is 0.650. The summed E-state index contributed by atoms with van der Waals surface area (Å²) in [5, 5.41) is 12.8. The molecule has 2 aliphatic rings. The number of fused-ring (bicyclic) bond motifs is 1. The monoisotopic (exact) mass is 416 g/mol. The highest BCUT2D eigenvalue weighted by Crippen LogP contribution is 2.31. The Bertz CT molecular complexity index is 683.